The fourth-order valence-electron chi connectivity index (χ4n) is 2.29. The molecule has 1 aromatic carbocycles. The topological polar surface area (TPSA) is 57.6 Å². The summed E-state index contributed by atoms with van der Waals surface area (Å²) in [6.07, 6.45) is 0. The molecule has 4 nitrogen and oxygen atoms in total. The number of carboxylic acid groups (broad SMARTS) is 1. The van der Waals surface area contributed by atoms with Crippen molar-refractivity contribution in [3.8, 4) is 0 Å². The van der Waals surface area contributed by atoms with E-state index in [2.05, 4.69) is 0 Å². The zero-order chi connectivity index (χ0) is 14.2. The van der Waals surface area contributed by atoms with Crippen molar-refractivity contribution in [3.63, 3.8) is 0 Å². The van der Waals surface area contributed by atoms with Crippen molar-refractivity contribution in [2.24, 2.45) is 11.8 Å². The summed E-state index contributed by atoms with van der Waals surface area (Å²) in [4.78, 5) is 24.9. The molecule has 19 heavy (non-hydrogen) atoms. The molecule has 102 valence electrons. The summed E-state index contributed by atoms with van der Waals surface area (Å²) in [7, 11) is 0. The molecule has 0 saturated carbocycles. The predicted molar refractivity (Wildman–Crippen MR) is 75.3 cm³/mol. The van der Waals surface area contributed by atoms with Gasteiger partial charge in [0.2, 0.25) is 0 Å². The molecule has 1 aromatic rings. The molecule has 1 aliphatic heterocycles. The van der Waals surface area contributed by atoms with Crippen LogP contribution in [0.15, 0.2) is 18.2 Å². The number of carbonyl (C=O) groups excluding carboxylic acids is 1. The SMILES string of the molecule is C[C@@H]1CN(C(=O)c2ccc(F)cc2I)C[C@H]1C(=O)O. The molecule has 0 spiro atoms. The summed E-state index contributed by atoms with van der Waals surface area (Å²) < 4.78 is 13.5. The molecule has 2 atom stereocenters. The Bertz CT molecular complexity index is 535. The minimum absolute atomic E-state index is 0.0699. The van der Waals surface area contributed by atoms with E-state index in [1.54, 1.807) is 0 Å². The van der Waals surface area contributed by atoms with Gasteiger partial charge in [-0.1, -0.05) is 6.92 Å². The predicted octanol–water partition coefficient (Wildman–Crippen LogP) is 2.22. The highest BCUT2D eigenvalue weighted by Crippen LogP contribution is 2.26. The number of halogens is 2. The number of hydrogen-bond donors (Lipinski definition) is 1. The Balaban J connectivity index is 2.19. The standard InChI is InChI=1S/C13H13FINO3/c1-7-5-16(6-10(7)13(18)19)12(17)9-3-2-8(14)4-11(9)15/h2-4,7,10H,5-6H2,1H3,(H,18,19)/t7-,10-/m1/s1. The maximum atomic E-state index is 13.0. The molecular weight excluding hydrogens is 364 g/mol. The average molecular weight is 377 g/mol. The zero-order valence-corrected chi connectivity index (χ0v) is 12.4. The van der Waals surface area contributed by atoms with Crippen molar-refractivity contribution in [3.05, 3.63) is 33.1 Å². The van der Waals surface area contributed by atoms with E-state index in [4.69, 9.17) is 5.11 Å². The Morgan fingerprint density at radius 1 is 1.42 bits per heavy atom. The van der Waals surface area contributed by atoms with Crippen molar-refractivity contribution < 1.29 is 19.1 Å². The van der Waals surface area contributed by atoms with Crippen LogP contribution in [-0.4, -0.2) is 35.0 Å². The van der Waals surface area contributed by atoms with Crippen molar-refractivity contribution in [2.75, 3.05) is 13.1 Å². The smallest absolute Gasteiger partial charge is 0.308 e. The van der Waals surface area contributed by atoms with E-state index in [0.717, 1.165) is 0 Å². The Morgan fingerprint density at radius 3 is 2.63 bits per heavy atom. The minimum Gasteiger partial charge on any atom is -0.481 e. The number of likely N-dealkylation sites (tertiary alicyclic amines) is 1. The van der Waals surface area contributed by atoms with Gasteiger partial charge >= 0.3 is 5.97 Å². The Labute approximate surface area is 123 Å². The van der Waals surface area contributed by atoms with Crippen LogP contribution in [0.4, 0.5) is 4.39 Å². The molecule has 0 radical (unpaired) electrons. The van der Waals surface area contributed by atoms with Gasteiger partial charge in [0.25, 0.3) is 5.91 Å². The molecule has 6 heteroatoms. The van der Waals surface area contributed by atoms with E-state index in [9.17, 15) is 14.0 Å². The highest BCUT2D eigenvalue weighted by atomic mass is 127. The highest BCUT2D eigenvalue weighted by molar-refractivity contribution is 14.1. The first kappa shape index (κ1) is 14.2. The van der Waals surface area contributed by atoms with Gasteiger partial charge in [-0.05, 0) is 46.7 Å². The lowest BCUT2D eigenvalue weighted by molar-refractivity contribution is -0.142. The third-order valence-corrected chi connectivity index (χ3v) is 4.27. The summed E-state index contributed by atoms with van der Waals surface area (Å²) in [5.41, 5.74) is 0.417. The van der Waals surface area contributed by atoms with Crippen LogP contribution in [-0.2, 0) is 4.79 Å². The van der Waals surface area contributed by atoms with E-state index in [-0.39, 0.29) is 24.2 Å². The van der Waals surface area contributed by atoms with E-state index in [1.807, 2.05) is 29.5 Å². The summed E-state index contributed by atoms with van der Waals surface area (Å²) in [5, 5.41) is 9.06. The van der Waals surface area contributed by atoms with Gasteiger partial charge in [0.05, 0.1) is 11.5 Å². The monoisotopic (exact) mass is 377 g/mol. The van der Waals surface area contributed by atoms with E-state index < -0.39 is 11.9 Å². The number of carbonyl (C=O) groups is 2. The van der Waals surface area contributed by atoms with Crippen LogP contribution in [0.2, 0.25) is 0 Å². The molecule has 1 heterocycles. The lowest BCUT2D eigenvalue weighted by Gasteiger charge is -2.16. The molecule has 1 amide bonds. The molecular formula is C13H13FINO3. The van der Waals surface area contributed by atoms with E-state index in [0.29, 0.717) is 15.7 Å². The lowest BCUT2D eigenvalue weighted by Crippen LogP contribution is -2.30. The van der Waals surface area contributed by atoms with Gasteiger partial charge in [0.1, 0.15) is 5.82 Å². The third kappa shape index (κ3) is 2.88. The van der Waals surface area contributed by atoms with Gasteiger partial charge in [-0.15, -0.1) is 0 Å². The number of hydrogen-bond acceptors (Lipinski definition) is 2. The fraction of sp³-hybridized carbons (Fsp3) is 0.385. The van der Waals surface area contributed by atoms with Crippen LogP contribution in [0.1, 0.15) is 17.3 Å². The second-order valence-electron chi connectivity index (χ2n) is 4.76. The number of nitrogens with zero attached hydrogens (tertiary/aromatic N) is 1. The molecule has 0 bridgehead atoms. The second-order valence-corrected chi connectivity index (χ2v) is 5.92. The Morgan fingerprint density at radius 2 is 2.11 bits per heavy atom. The maximum absolute atomic E-state index is 13.0. The lowest BCUT2D eigenvalue weighted by atomic mass is 9.99. The molecule has 0 unspecified atom stereocenters. The summed E-state index contributed by atoms with van der Waals surface area (Å²) in [6, 6.07) is 3.98. The van der Waals surface area contributed by atoms with E-state index >= 15 is 0 Å². The van der Waals surface area contributed by atoms with Gasteiger partial charge < -0.3 is 10.0 Å². The van der Waals surface area contributed by atoms with Crippen LogP contribution >= 0.6 is 22.6 Å². The summed E-state index contributed by atoms with van der Waals surface area (Å²) in [6.45, 7) is 2.45. The van der Waals surface area contributed by atoms with Crippen LogP contribution < -0.4 is 0 Å². The van der Waals surface area contributed by atoms with Crippen LogP contribution in [0.5, 0.6) is 0 Å². The third-order valence-electron chi connectivity index (χ3n) is 3.38. The van der Waals surface area contributed by atoms with Crippen LogP contribution in [0, 0.1) is 21.2 Å². The Kier molecular flexibility index (Phi) is 4.07. The normalized spacial score (nSPS) is 22.6. The first-order valence-electron chi connectivity index (χ1n) is 5.87. The number of benzene rings is 1. The highest BCUT2D eigenvalue weighted by Gasteiger charge is 2.37. The average Bonchev–Trinajstić information content (AvgIpc) is 2.70. The molecule has 0 aromatic heterocycles. The molecule has 0 aliphatic carbocycles. The molecule has 1 fully saturated rings. The minimum atomic E-state index is -0.878. The second kappa shape index (κ2) is 5.44. The van der Waals surface area contributed by atoms with E-state index in [1.165, 1.54) is 23.1 Å². The van der Waals surface area contributed by atoms with Crippen LogP contribution in [0.3, 0.4) is 0 Å². The van der Waals surface area contributed by atoms with Crippen molar-refractivity contribution >= 4 is 34.5 Å². The molecule has 1 saturated heterocycles. The number of amides is 1. The van der Waals surface area contributed by atoms with Crippen LogP contribution in [0.25, 0.3) is 0 Å². The first-order valence-corrected chi connectivity index (χ1v) is 6.95. The number of aliphatic carboxylic acids is 1. The molecule has 1 aliphatic rings. The Hall–Kier alpha value is -1.18. The first-order chi connectivity index (χ1) is 8.90. The number of carboxylic acids is 1. The fourth-order valence-corrected chi connectivity index (χ4v) is 3.00. The zero-order valence-electron chi connectivity index (χ0n) is 10.3. The number of rotatable bonds is 2. The van der Waals surface area contributed by atoms with Gasteiger partial charge in [-0.3, -0.25) is 9.59 Å². The van der Waals surface area contributed by atoms with Gasteiger partial charge in [-0.25, -0.2) is 4.39 Å². The molecule has 2 rings (SSSR count). The van der Waals surface area contributed by atoms with Gasteiger partial charge in [-0.2, -0.15) is 0 Å². The van der Waals surface area contributed by atoms with Gasteiger partial charge in [0, 0.05) is 16.7 Å². The van der Waals surface area contributed by atoms with Crippen molar-refractivity contribution in [1.82, 2.24) is 4.90 Å². The summed E-state index contributed by atoms with van der Waals surface area (Å²) >= 11 is 1.91. The van der Waals surface area contributed by atoms with Gasteiger partial charge in [0.15, 0.2) is 0 Å². The van der Waals surface area contributed by atoms with Crippen molar-refractivity contribution in [2.45, 2.75) is 6.92 Å². The molecule has 1 N–H and O–H groups in total. The summed E-state index contributed by atoms with van der Waals surface area (Å²) in [5.74, 6) is -2.10. The maximum Gasteiger partial charge on any atom is 0.308 e. The quantitative estimate of drug-likeness (QED) is 0.805. The van der Waals surface area contributed by atoms with Crippen molar-refractivity contribution in [1.29, 1.82) is 0 Å². The largest absolute Gasteiger partial charge is 0.481 e.